The minimum Gasteiger partial charge on any atom is -0.478 e. The third-order valence-electron chi connectivity index (χ3n) is 3.52. The van der Waals surface area contributed by atoms with Gasteiger partial charge in [-0.1, -0.05) is 12.1 Å². The highest BCUT2D eigenvalue weighted by molar-refractivity contribution is 7.13. The Kier molecular flexibility index (Phi) is 3.98. The quantitative estimate of drug-likeness (QED) is 0.764. The molecule has 3 rings (SSSR count). The summed E-state index contributed by atoms with van der Waals surface area (Å²) in [4.78, 5) is 29.7. The molecule has 0 saturated heterocycles. The summed E-state index contributed by atoms with van der Waals surface area (Å²) in [6.45, 7) is 1.75. The Balaban J connectivity index is 2.01. The van der Waals surface area contributed by atoms with Gasteiger partial charge in [-0.15, -0.1) is 11.3 Å². The maximum absolute atomic E-state index is 11.6. The number of carbonyl (C=O) groups is 1. The molecule has 0 radical (unpaired) electrons. The van der Waals surface area contributed by atoms with Gasteiger partial charge in [0.25, 0.3) is 5.56 Å². The summed E-state index contributed by atoms with van der Waals surface area (Å²) < 4.78 is 0. The van der Waals surface area contributed by atoms with Crippen LogP contribution in [0.5, 0.6) is 0 Å². The summed E-state index contributed by atoms with van der Waals surface area (Å²) in [5, 5.41) is 20.5. The molecule has 2 aromatic heterocycles. The first-order chi connectivity index (χ1) is 11.5. The Morgan fingerprint density at radius 2 is 2.04 bits per heavy atom. The molecule has 2 heterocycles. The van der Waals surface area contributed by atoms with Gasteiger partial charge in [0.2, 0.25) is 0 Å². The third kappa shape index (κ3) is 2.83. The molecular formula is C17H11N3O3S. The monoisotopic (exact) mass is 337 g/mol. The summed E-state index contributed by atoms with van der Waals surface area (Å²) >= 11 is 1.40. The van der Waals surface area contributed by atoms with Gasteiger partial charge in [0.1, 0.15) is 16.6 Å². The summed E-state index contributed by atoms with van der Waals surface area (Å²) in [6.07, 6.45) is 0. The van der Waals surface area contributed by atoms with Crippen LogP contribution in [0.1, 0.15) is 21.6 Å². The lowest BCUT2D eigenvalue weighted by atomic mass is 10.1. The van der Waals surface area contributed by atoms with E-state index in [4.69, 9.17) is 10.4 Å². The van der Waals surface area contributed by atoms with Gasteiger partial charge in [0.15, 0.2) is 0 Å². The van der Waals surface area contributed by atoms with Crippen LogP contribution < -0.4 is 5.56 Å². The van der Waals surface area contributed by atoms with E-state index >= 15 is 0 Å². The molecule has 3 aromatic rings. The molecule has 118 valence electrons. The Hall–Kier alpha value is -3.24. The van der Waals surface area contributed by atoms with Crippen molar-refractivity contribution in [2.24, 2.45) is 0 Å². The fourth-order valence-electron chi connectivity index (χ4n) is 2.26. The Labute approximate surface area is 140 Å². The number of nitriles is 1. The van der Waals surface area contributed by atoms with E-state index in [2.05, 4.69) is 9.97 Å². The first kappa shape index (κ1) is 15.6. The molecule has 0 spiro atoms. The lowest BCUT2D eigenvalue weighted by Crippen LogP contribution is -2.11. The van der Waals surface area contributed by atoms with Gasteiger partial charge >= 0.3 is 5.97 Å². The predicted octanol–water partition coefficient (Wildman–Crippen LogP) is 3.04. The van der Waals surface area contributed by atoms with Crippen LogP contribution in [0.3, 0.4) is 0 Å². The zero-order valence-electron chi connectivity index (χ0n) is 12.5. The van der Waals surface area contributed by atoms with E-state index in [9.17, 15) is 9.59 Å². The minimum atomic E-state index is -0.978. The second kappa shape index (κ2) is 6.10. The van der Waals surface area contributed by atoms with Crippen molar-refractivity contribution in [1.82, 2.24) is 9.97 Å². The predicted molar refractivity (Wildman–Crippen MR) is 90.0 cm³/mol. The van der Waals surface area contributed by atoms with E-state index in [-0.39, 0.29) is 11.1 Å². The summed E-state index contributed by atoms with van der Waals surface area (Å²) in [6, 6.07) is 9.85. The molecule has 0 aliphatic rings. The van der Waals surface area contributed by atoms with Gasteiger partial charge in [0, 0.05) is 22.2 Å². The van der Waals surface area contributed by atoms with Crippen molar-refractivity contribution in [2.75, 3.05) is 0 Å². The Morgan fingerprint density at radius 3 is 2.67 bits per heavy atom. The van der Waals surface area contributed by atoms with Crippen LogP contribution in [0.2, 0.25) is 0 Å². The maximum atomic E-state index is 11.6. The SMILES string of the molecule is Cc1[nH]c(=O)c(C#N)cc1-c1csc(-c2ccc(C(=O)O)cc2)n1. The maximum Gasteiger partial charge on any atom is 0.335 e. The number of pyridine rings is 1. The van der Waals surface area contributed by atoms with Gasteiger partial charge < -0.3 is 10.1 Å². The van der Waals surface area contributed by atoms with Crippen LogP contribution in [0.4, 0.5) is 0 Å². The molecule has 0 atom stereocenters. The smallest absolute Gasteiger partial charge is 0.335 e. The van der Waals surface area contributed by atoms with Crippen LogP contribution >= 0.6 is 11.3 Å². The van der Waals surface area contributed by atoms with E-state index in [1.807, 2.05) is 11.4 Å². The van der Waals surface area contributed by atoms with Gasteiger partial charge in [-0.05, 0) is 25.1 Å². The number of hydrogen-bond acceptors (Lipinski definition) is 5. The van der Waals surface area contributed by atoms with E-state index in [0.717, 1.165) is 10.6 Å². The summed E-state index contributed by atoms with van der Waals surface area (Å²) in [7, 11) is 0. The molecule has 24 heavy (non-hydrogen) atoms. The van der Waals surface area contributed by atoms with Crippen molar-refractivity contribution in [3.8, 4) is 27.9 Å². The van der Waals surface area contributed by atoms with Crippen molar-refractivity contribution >= 4 is 17.3 Å². The third-order valence-corrected chi connectivity index (χ3v) is 4.41. The Morgan fingerprint density at radius 1 is 1.33 bits per heavy atom. The highest BCUT2D eigenvalue weighted by Crippen LogP contribution is 2.30. The number of aryl methyl sites for hydroxylation is 1. The number of thiazole rings is 1. The van der Waals surface area contributed by atoms with Gasteiger partial charge in [0.05, 0.1) is 11.3 Å². The van der Waals surface area contributed by atoms with Crippen LogP contribution in [0.25, 0.3) is 21.8 Å². The van der Waals surface area contributed by atoms with Crippen LogP contribution in [-0.2, 0) is 0 Å². The number of H-pyrrole nitrogens is 1. The number of nitrogens with one attached hydrogen (secondary N) is 1. The van der Waals surface area contributed by atoms with Gasteiger partial charge in [-0.2, -0.15) is 5.26 Å². The van der Waals surface area contributed by atoms with Crippen molar-refractivity contribution in [3.05, 3.63) is 62.9 Å². The molecule has 0 fully saturated rings. The number of carboxylic acid groups (broad SMARTS) is 1. The molecule has 0 aliphatic heterocycles. The molecule has 7 heteroatoms. The average molecular weight is 337 g/mol. The first-order valence-corrected chi connectivity index (χ1v) is 7.81. The fourth-order valence-corrected chi connectivity index (χ4v) is 3.08. The first-order valence-electron chi connectivity index (χ1n) is 6.93. The molecule has 0 unspecified atom stereocenters. The largest absolute Gasteiger partial charge is 0.478 e. The molecule has 0 saturated carbocycles. The van der Waals surface area contributed by atoms with E-state index in [1.165, 1.54) is 29.5 Å². The van der Waals surface area contributed by atoms with Crippen molar-refractivity contribution in [1.29, 1.82) is 5.26 Å². The lowest BCUT2D eigenvalue weighted by molar-refractivity contribution is 0.0697. The normalized spacial score (nSPS) is 10.3. The zero-order valence-corrected chi connectivity index (χ0v) is 13.3. The van der Waals surface area contributed by atoms with Gasteiger partial charge in [-0.25, -0.2) is 9.78 Å². The van der Waals surface area contributed by atoms with Crippen molar-refractivity contribution in [2.45, 2.75) is 6.92 Å². The molecule has 1 aromatic carbocycles. The number of benzene rings is 1. The zero-order chi connectivity index (χ0) is 17.3. The number of hydrogen-bond donors (Lipinski definition) is 2. The molecule has 2 N–H and O–H groups in total. The second-order valence-electron chi connectivity index (χ2n) is 5.08. The minimum absolute atomic E-state index is 0.0379. The van der Waals surface area contributed by atoms with Crippen molar-refractivity contribution < 1.29 is 9.90 Å². The number of carboxylic acids is 1. The van der Waals surface area contributed by atoms with E-state index < -0.39 is 11.5 Å². The lowest BCUT2D eigenvalue weighted by Gasteiger charge is -2.02. The molecule has 0 amide bonds. The summed E-state index contributed by atoms with van der Waals surface area (Å²) in [5.74, 6) is -0.978. The molecule has 0 aliphatic carbocycles. The Bertz CT molecular complexity index is 1030. The van der Waals surface area contributed by atoms with Crippen molar-refractivity contribution in [3.63, 3.8) is 0 Å². The number of aromatic carboxylic acids is 1. The molecular weight excluding hydrogens is 326 g/mol. The molecule has 0 bridgehead atoms. The highest BCUT2D eigenvalue weighted by atomic mass is 32.1. The molecule has 6 nitrogen and oxygen atoms in total. The average Bonchev–Trinajstić information content (AvgIpc) is 3.05. The fraction of sp³-hybridized carbons (Fsp3) is 0.0588. The topological polar surface area (TPSA) is 107 Å². The van der Waals surface area contributed by atoms with Crippen LogP contribution in [0.15, 0.2) is 40.5 Å². The van der Waals surface area contributed by atoms with E-state index in [0.29, 0.717) is 17.0 Å². The van der Waals surface area contributed by atoms with E-state index in [1.54, 1.807) is 19.1 Å². The highest BCUT2D eigenvalue weighted by Gasteiger charge is 2.12. The van der Waals surface area contributed by atoms with Gasteiger partial charge in [-0.3, -0.25) is 4.79 Å². The van der Waals surface area contributed by atoms with Crippen LogP contribution in [-0.4, -0.2) is 21.0 Å². The second-order valence-corrected chi connectivity index (χ2v) is 5.94. The number of aromatic amines is 1. The number of rotatable bonds is 3. The van der Waals surface area contributed by atoms with Crippen LogP contribution in [0, 0.1) is 18.3 Å². The summed E-state index contributed by atoms with van der Waals surface area (Å²) in [5.41, 5.74) is 2.62. The standard InChI is InChI=1S/C17H11N3O3S/c1-9-13(6-12(7-18)15(21)19-9)14-8-24-16(20-14)10-2-4-11(5-3-10)17(22)23/h2-6,8H,1H3,(H,19,21)(H,22,23). The number of aromatic nitrogens is 2. The number of nitrogens with zero attached hydrogens (tertiary/aromatic N) is 2.